The van der Waals surface area contributed by atoms with Crippen LogP contribution in [0.25, 0.3) is 21.9 Å². The molecule has 0 radical (unpaired) electrons. The topological polar surface area (TPSA) is 56.5 Å². The summed E-state index contributed by atoms with van der Waals surface area (Å²) in [7, 11) is 0. The molecule has 4 rings (SSSR count). The average Bonchev–Trinajstić information content (AvgIpc) is 3.09. The van der Waals surface area contributed by atoms with Crippen LogP contribution in [-0.2, 0) is 6.42 Å². The highest BCUT2D eigenvalue weighted by Crippen LogP contribution is 2.16. The number of H-pyrrole nitrogens is 2. The molecule has 0 atom stereocenters. The number of hydrogen-bond donors (Lipinski definition) is 3. The van der Waals surface area contributed by atoms with Crippen molar-refractivity contribution in [3.05, 3.63) is 60.3 Å². The maximum Gasteiger partial charge on any atom is 0.201 e. The Balaban J connectivity index is 1.44. The van der Waals surface area contributed by atoms with Gasteiger partial charge < -0.3 is 15.3 Å². The summed E-state index contributed by atoms with van der Waals surface area (Å²) in [4.78, 5) is 11.2. The Labute approximate surface area is 122 Å². The fourth-order valence-electron chi connectivity index (χ4n) is 2.62. The van der Waals surface area contributed by atoms with Gasteiger partial charge in [-0.2, -0.15) is 0 Å². The number of aromatic amines is 2. The Hall–Kier alpha value is -2.75. The number of anilines is 1. The number of nitrogens with zero attached hydrogens (tertiary/aromatic N) is 1. The van der Waals surface area contributed by atoms with Crippen LogP contribution in [0.2, 0.25) is 0 Å². The molecule has 2 heterocycles. The third kappa shape index (κ3) is 2.36. The smallest absolute Gasteiger partial charge is 0.201 e. The first-order valence-corrected chi connectivity index (χ1v) is 7.14. The van der Waals surface area contributed by atoms with Crippen molar-refractivity contribution in [3.8, 4) is 0 Å². The summed E-state index contributed by atoms with van der Waals surface area (Å²) in [5.41, 5.74) is 4.48. The summed E-state index contributed by atoms with van der Waals surface area (Å²) >= 11 is 0. The summed E-state index contributed by atoms with van der Waals surface area (Å²) in [6.07, 6.45) is 0.936. The maximum absolute atomic E-state index is 4.51. The maximum atomic E-state index is 4.51. The zero-order valence-corrected chi connectivity index (χ0v) is 11.6. The van der Waals surface area contributed by atoms with Gasteiger partial charge in [0, 0.05) is 24.2 Å². The summed E-state index contributed by atoms with van der Waals surface area (Å²) < 4.78 is 0. The molecule has 0 amide bonds. The molecule has 0 saturated heterocycles. The lowest BCUT2D eigenvalue weighted by molar-refractivity contribution is 0.968. The lowest BCUT2D eigenvalue weighted by Gasteiger charge is -2.00. The van der Waals surface area contributed by atoms with Crippen LogP contribution in [0.15, 0.2) is 54.6 Å². The van der Waals surface area contributed by atoms with Crippen LogP contribution in [0, 0.1) is 0 Å². The molecule has 0 unspecified atom stereocenters. The molecular formula is C17H16N4. The zero-order valence-electron chi connectivity index (χ0n) is 11.6. The molecule has 0 fully saturated rings. The van der Waals surface area contributed by atoms with E-state index in [-0.39, 0.29) is 0 Å². The Morgan fingerprint density at radius 3 is 2.57 bits per heavy atom. The molecule has 2 aromatic carbocycles. The third-order valence-corrected chi connectivity index (χ3v) is 3.66. The number of aromatic nitrogens is 3. The van der Waals surface area contributed by atoms with Gasteiger partial charge in [-0.1, -0.05) is 30.3 Å². The van der Waals surface area contributed by atoms with Gasteiger partial charge in [-0.15, -0.1) is 0 Å². The monoisotopic (exact) mass is 276 g/mol. The number of para-hydroxylation sites is 3. The number of nitrogens with one attached hydrogen (secondary N) is 3. The molecule has 4 aromatic rings. The van der Waals surface area contributed by atoms with Crippen LogP contribution in [0.1, 0.15) is 5.69 Å². The number of imidazole rings is 1. The van der Waals surface area contributed by atoms with E-state index in [1.807, 2.05) is 24.3 Å². The fourth-order valence-corrected chi connectivity index (χ4v) is 2.62. The van der Waals surface area contributed by atoms with E-state index in [2.05, 4.69) is 50.6 Å². The molecule has 3 N–H and O–H groups in total. The molecule has 0 aliphatic heterocycles. The lowest BCUT2D eigenvalue weighted by atomic mass is 10.2. The lowest BCUT2D eigenvalue weighted by Crippen LogP contribution is -2.06. The van der Waals surface area contributed by atoms with Crippen LogP contribution < -0.4 is 5.32 Å². The molecule has 0 aliphatic carbocycles. The first kappa shape index (κ1) is 12.0. The van der Waals surface area contributed by atoms with Crippen molar-refractivity contribution in [2.24, 2.45) is 0 Å². The van der Waals surface area contributed by atoms with E-state index in [1.54, 1.807) is 0 Å². The summed E-state index contributed by atoms with van der Waals surface area (Å²) in [5.74, 6) is 0.826. The Morgan fingerprint density at radius 2 is 1.71 bits per heavy atom. The summed E-state index contributed by atoms with van der Waals surface area (Å²) in [6.45, 7) is 0.840. The van der Waals surface area contributed by atoms with Crippen LogP contribution in [0.3, 0.4) is 0 Å². The van der Waals surface area contributed by atoms with Crippen molar-refractivity contribution in [2.75, 3.05) is 11.9 Å². The highest BCUT2D eigenvalue weighted by atomic mass is 15.1. The Kier molecular flexibility index (Phi) is 2.85. The van der Waals surface area contributed by atoms with Crippen LogP contribution in [0.4, 0.5) is 5.95 Å². The van der Waals surface area contributed by atoms with Gasteiger partial charge in [-0.3, -0.25) is 0 Å². The third-order valence-electron chi connectivity index (χ3n) is 3.66. The minimum atomic E-state index is 0.826. The number of benzene rings is 2. The minimum absolute atomic E-state index is 0.826. The van der Waals surface area contributed by atoms with Gasteiger partial charge in [0.1, 0.15) is 0 Å². The summed E-state index contributed by atoms with van der Waals surface area (Å²) in [6, 6.07) is 18.6. The first-order valence-electron chi connectivity index (χ1n) is 7.14. The highest BCUT2D eigenvalue weighted by molar-refractivity contribution is 5.80. The second-order valence-electron chi connectivity index (χ2n) is 5.16. The molecule has 2 aromatic heterocycles. The molecule has 21 heavy (non-hydrogen) atoms. The van der Waals surface area contributed by atoms with Gasteiger partial charge in [0.2, 0.25) is 5.95 Å². The SMILES string of the molecule is c1ccc2[nH]c(CCNc3nc4ccccc4[nH]3)cc2c1. The van der Waals surface area contributed by atoms with Crippen molar-refractivity contribution in [3.63, 3.8) is 0 Å². The normalized spacial score (nSPS) is 11.2. The van der Waals surface area contributed by atoms with E-state index in [1.165, 1.54) is 16.6 Å². The minimum Gasteiger partial charge on any atom is -0.358 e. The van der Waals surface area contributed by atoms with Crippen LogP contribution in [-0.4, -0.2) is 21.5 Å². The Bertz CT molecular complexity index is 748. The van der Waals surface area contributed by atoms with E-state index >= 15 is 0 Å². The predicted molar refractivity (Wildman–Crippen MR) is 86.6 cm³/mol. The van der Waals surface area contributed by atoms with E-state index in [4.69, 9.17) is 0 Å². The molecule has 0 aliphatic rings. The molecule has 4 heteroatoms. The van der Waals surface area contributed by atoms with Gasteiger partial charge in [0.05, 0.1) is 11.0 Å². The first-order chi connectivity index (χ1) is 10.4. The van der Waals surface area contributed by atoms with Gasteiger partial charge in [-0.05, 0) is 29.7 Å². The zero-order chi connectivity index (χ0) is 14.1. The standard InChI is InChI=1S/C17H16N4/c1-2-6-14-12(5-1)11-13(19-14)9-10-18-17-20-15-7-3-4-8-16(15)21-17/h1-8,11,19H,9-10H2,(H2,18,20,21). The van der Waals surface area contributed by atoms with Gasteiger partial charge >= 0.3 is 0 Å². The Morgan fingerprint density at radius 1 is 0.905 bits per heavy atom. The number of rotatable bonds is 4. The number of fused-ring (bicyclic) bond motifs is 2. The predicted octanol–water partition coefficient (Wildman–Crippen LogP) is 3.70. The number of hydrogen-bond acceptors (Lipinski definition) is 2. The summed E-state index contributed by atoms with van der Waals surface area (Å²) in [5, 5.41) is 4.60. The molecule has 0 bridgehead atoms. The molecule has 104 valence electrons. The van der Waals surface area contributed by atoms with Gasteiger partial charge in [0.15, 0.2) is 0 Å². The molecular weight excluding hydrogens is 260 g/mol. The largest absolute Gasteiger partial charge is 0.358 e. The van der Waals surface area contributed by atoms with Crippen molar-refractivity contribution in [1.82, 2.24) is 15.0 Å². The van der Waals surface area contributed by atoms with Crippen molar-refractivity contribution in [2.45, 2.75) is 6.42 Å². The molecule has 4 nitrogen and oxygen atoms in total. The fraction of sp³-hybridized carbons (Fsp3) is 0.118. The molecule has 0 spiro atoms. The van der Waals surface area contributed by atoms with E-state index in [9.17, 15) is 0 Å². The van der Waals surface area contributed by atoms with E-state index < -0.39 is 0 Å². The average molecular weight is 276 g/mol. The quantitative estimate of drug-likeness (QED) is 0.532. The second-order valence-corrected chi connectivity index (χ2v) is 5.16. The molecule has 0 saturated carbocycles. The van der Waals surface area contributed by atoms with Gasteiger partial charge in [-0.25, -0.2) is 4.98 Å². The van der Waals surface area contributed by atoms with Crippen molar-refractivity contribution < 1.29 is 0 Å². The highest BCUT2D eigenvalue weighted by Gasteiger charge is 2.02. The van der Waals surface area contributed by atoms with Crippen LogP contribution >= 0.6 is 0 Å². The van der Waals surface area contributed by atoms with Gasteiger partial charge in [0.25, 0.3) is 0 Å². The van der Waals surface area contributed by atoms with E-state index in [0.29, 0.717) is 0 Å². The van der Waals surface area contributed by atoms with E-state index in [0.717, 1.165) is 29.9 Å². The van der Waals surface area contributed by atoms with Crippen LogP contribution in [0.5, 0.6) is 0 Å². The van der Waals surface area contributed by atoms with Crippen molar-refractivity contribution in [1.29, 1.82) is 0 Å². The van der Waals surface area contributed by atoms with Crippen molar-refractivity contribution >= 4 is 27.9 Å². The second kappa shape index (κ2) is 4.98.